The monoisotopic (exact) mass is 445 g/mol. The van der Waals surface area contributed by atoms with Gasteiger partial charge in [0.2, 0.25) is 0 Å². The molecule has 7 heteroatoms. The predicted molar refractivity (Wildman–Crippen MR) is 126 cm³/mol. The normalized spacial score (nSPS) is 15.2. The van der Waals surface area contributed by atoms with Crippen molar-refractivity contribution in [3.8, 4) is 6.01 Å². The van der Waals surface area contributed by atoms with Gasteiger partial charge in [0.15, 0.2) is 0 Å². The number of hydrogen-bond acceptors (Lipinski definition) is 5. The van der Waals surface area contributed by atoms with Crippen LogP contribution in [0.5, 0.6) is 6.01 Å². The van der Waals surface area contributed by atoms with Crippen LogP contribution in [0, 0.1) is 11.7 Å². The van der Waals surface area contributed by atoms with E-state index in [1.807, 2.05) is 18.2 Å². The number of nitrogens with zero attached hydrogens (tertiary/aromatic N) is 5. The lowest BCUT2D eigenvalue weighted by Gasteiger charge is -2.31. The number of rotatable bonds is 8. The van der Waals surface area contributed by atoms with Crippen LogP contribution in [0.25, 0.3) is 11.0 Å². The van der Waals surface area contributed by atoms with Gasteiger partial charge < -0.3 is 9.30 Å². The molecule has 0 N–H and O–H groups in total. The molecule has 2 aromatic heterocycles. The van der Waals surface area contributed by atoms with Gasteiger partial charge in [0.05, 0.1) is 11.0 Å². The highest BCUT2D eigenvalue weighted by molar-refractivity contribution is 5.76. The first kappa shape index (κ1) is 21.5. The lowest BCUT2D eigenvalue weighted by atomic mass is 9.93. The molecule has 0 amide bonds. The Morgan fingerprint density at radius 1 is 0.939 bits per heavy atom. The predicted octanol–water partition coefficient (Wildman–Crippen LogP) is 4.35. The van der Waals surface area contributed by atoms with Gasteiger partial charge >= 0.3 is 6.01 Å². The summed E-state index contributed by atoms with van der Waals surface area (Å²) in [6.07, 6.45) is 6.62. The van der Waals surface area contributed by atoms with Gasteiger partial charge in [-0.25, -0.2) is 19.3 Å². The van der Waals surface area contributed by atoms with Crippen LogP contribution in [-0.4, -0.2) is 50.7 Å². The van der Waals surface area contributed by atoms with Gasteiger partial charge in [-0.1, -0.05) is 24.3 Å². The Bertz CT molecular complexity index is 1170. The number of piperidine rings is 1. The average Bonchev–Trinajstić information content (AvgIpc) is 3.19. The fraction of sp³-hybridized carbons (Fsp3) is 0.346. The van der Waals surface area contributed by atoms with Crippen LogP contribution < -0.4 is 4.74 Å². The van der Waals surface area contributed by atoms with Gasteiger partial charge in [-0.3, -0.25) is 4.90 Å². The zero-order valence-electron chi connectivity index (χ0n) is 18.6. The van der Waals surface area contributed by atoms with E-state index in [0.29, 0.717) is 25.1 Å². The zero-order chi connectivity index (χ0) is 22.5. The largest absolute Gasteiger partial charge is 0.462 e. The number of para-hydroxylation sites is 2. The summed E-state index contributed by atoms with van der Waals surface area (Å²) in [6.45, 7) is 4.30. The molecule has 1 fully saturated rings. The molecule has 0 spiro atoms. The van der Waals surface area contributed by atoms with E-state index in [-0.39, 0.29) is 5.82 Å². The highest BCUT2D eigenvalue weighted by Crippen LogP contribution is 2.25. The number of halogens is 1. The highest BCUT2D eigenvalue weighted by Gasteiger charge is 2.22. The Kier molecular flexibility index (Phi) is 6.58. The second kappa shape index (κ2) is 10.1. The van der Waals surface area contributed by atoms with Crippen molar-refractivity contribution >= 4 is 11.0 Å². The van der Waals surface area contributed by atoms with Gasteiger partial charge in [-0.2, -0.15) is 0 Å². The van der Waals surface area contributed by atoms with Gasteiger partial charge in [-0.15, -0.1) is 0 Å². The molecule has 0 radical (unpaired) electrons. The summed E-state index contributed by atoms with van der Waals surface area (Å²) < 4.78 is 21.3. The van der Waals surface area contributed by atoms with Crippen LogP contribution in [0.4, 0.5) is 4.39 Å². The second-order valence-electron chi connectivity index (χ2n) is 8.60. The molecule has 0 atom stereocenters. The smallest absolute Gasteiger partial charge is 0.316 e. The van der Waals surface area contributed by atoms with Crippen LogP contribution >= 0.6 is 0 Å². The fourth-order valence-corrected chi connectivity index (χ4v) is 4.53. The van der Waals surface area contributed by atoms with E-state index >= 15 is 0 Å². The summed E-state index contributed by atoms with van der Waals surface area (Å²) in [6, 6.07) is 17.3. The van der Waals surface area contributed by atoms with E-state index in [4.69, 9.17) is 9.72 Å². The number of hydrogen-bond donors (Lipinski definition) is 0. The summed E-state index contributed by atoms with van der Waals surface area (Å²) in [5.74, 6) is 1.51. The highest BCUT2D eigenvalue weighted by atomic mass is 19.1. The molecule has 4 aromatic rings. The minimum atomic E-state index is -0.206. The molecule has 1 aliphatic rings. The molecule has 2 aromatic carbocycles. The van der Waals surface area contributed by atoms with E-state index in [1.165, 1.54) is 12.1 Å². The molecule has 0 saturated carbocycles. The van der Waals surface area contributed by atoms with Gasteiger partial charge in [0.1, 0.15) is 18.2 Å². The standard InChI is InChI=1S/C26H28FN5O/c27-22-8-6-21(7-9-22)19-32-24-5-2-1-4-23(24)30-25(32)18-20-10-14-31(15-11-20)16-17-33-26-28-12-3-13-29-26/h1-9,12-13,20H,10-11,14-19H2. The summed E-state index contributed by atoms with van der Waals surface area (Å²) >= 11 is 0. The molecular formula is C26H28FN5O. The maximum absolute atomic E-state index is 13.4. The van der Waals surface area contributed by atoms with Gasteiger partial charge in [0.25, 0.3) is 0 Å². The maximum Gasteiger partial charge on any atom is 0.316 e. The zero-order valence-corrected chi connectivity index (χ0v) is 18.6. The first-order valence-electron chi connectivity index (χ1n) is 11.6. The van der Waals surface area contributed by atoms with Crippen LogP contribution in [0.3, 0.4) is 0 Å². The number of ether oxygens (including phenoxy) is 1. The van der Waals surface area contributed by atoms with E-state index in [1.54, 1.807) is 18.5 Å². The van der Waals surface area contributed by atoms with E-state index in [0.717, 1.165) is 61.3 Å². The van der Waals surface area contributed by atoms with Crippen molar-refractivity contribution in [2.75, 3.05) is 26.2 Å². The fourth-order valence-electron chi connectivity index (χ4n) is 4.53. The SMILES string of the molecule is Fc1ccc(Cn2c(CC3CCN(CCOc4ncccn4)CC3)nc3ccccc32)cc1. The third-order valence-corrected chi connectivity index (χ3v) is 6.35. The summed E-state index contributed by atoms with van der Waals surface area (Å²) in [5.41, 5.74) is 3.24. The van der Waals surface area contributed by atoms with Crippen molar-refractivity contribution in [3.05, 3.63) is 84.2 Å². The molecule has 1 aliphatic heterocycles. The summed E-state index contributed by atoms with van der Waals surface area (Å²) in [4.78, 5) is 15.6. The van der Waals surface area contributed by atoms with Crippen molar-refractivity contribution in [1.29, 1.82) is 0 Å². The molecule has 0 bridgehead atoms. The van der Waals surface area contributed by atoms with Crippen molar-refractivity contribution in [2.24, 2.45) is 5.92 Å². The summed E-state index contributed by atoms with van der Waals surface area (Å²) in [7, 11) is 0. The number of aromatic nitrogens is 4. The number of benzene rings is 2. The third-order valence-electron chi connectivity index (χ3n) is 6.35. The Morgan fingerprint density at radius 2 is 1.70 bits per heavy atom. The molecular weight excluding hydrogens is 417 g/mol. The number of likely N-dealkylation sites (tertiary alicyclic amines) is 1. The lowest BCUT2D eigenvalue weighted by Crippen LogP contribution is -2.37. The molecule has 33 heavy (non-hydrogen) atoms. The first-order valence-corrected chi connectivity index (χ1v) is 11.6. The van der Waals surface area contributed by atoms with Crippen molar-refractivity contribution in [1.82, 2.24) is 24.4 Å². The summed E-state index contributed by atoms with van der Waals surface area (Å²) in [5, 5.41) is 0. The molecule has 170 valence electrons. The number of fused-ring (bicyclic) bond motifs is 1. The Hall–Kier alpha value is -3.32. The number of imidazole rings is 1. The second-order valence-corrected chi connectivity index (χ2v) is 8.60. The van der Waals surface area contributed by atoms with E-state index in [9.17, 15) is 4.39 Å². The topological polar surface area (TPSA) is 56.1 Å². The molecule has 1 saturated heterocycles. The Morgan fingerprint density at radius 3 is 2.48 bits per heavy atom. The third kappa shape index (κ3) is 5.37. The van der Waals surface area contributed by atoms with Gasteiger partial charge in [-0.05, 0) is 67.7 Å². The quantitative estimate of drug-likeness (QED) is 0.404. The minimum Gasteiger partial charge on any atom is -0.462 e. The Balaban J connectivity index is 1.20. The maximum atomic E-state index is 13.4. The van der Waals surface area contributed by atoms with E-state index < -0.39 is 0 Å². The molecule has 0 unspecified atom stereocenters. The van der Waals surface area contributed by atoms with Crippen LogP contribution in [0.15, 0.2) is 67.0 Å². The molecule has 3 heterocycles. The van der Waals surface area contributed by atoms with Crippen LogP contribution in [-0.2, 0) is 13.0 Å². The average molecular weight is 446 g/mol. The minimum absolute atomic E-state index is 0.206. The first-order chi connectivity index (χ1) is 16.2. The van der Waals surface area contributed by atoms with E-state index in [2.05, 4.69) is 37.6 Å². The molecule has 5 rings (SSSR count). The van der Waals surface area contributed by atoms with Gasteiger partial charge in [0, 0.05) is 31.9 Å². The Labute approximate surface area is 193 Å². The molecule has 0 aliphatic carbocycles. The van der Waals surface area contributed by atoms with Crippen molar-refractivity contribution < 1.29 is 9.13 Å². The van der Waals surface area contributed by atoms with Crippen LogP contribution in [0.2, 0.25) is 0 Å². The van der Waals surface area contributed by atoms with Crippen molar-refractivity contribution in [2.45, 2.75) is 25.8 Å². The molecule has 6 nitrogen and oxygen atoms in total. The van der Waals surface area contributed by atoms with Crippen molar-refractivity contribution in [3.63, 3.8) is 0 Å². The van der Waals surface area contributed by atoms with Crippen LogP contribution in [0.1, 0.15) is 24.2 Å². The lowest BCUT2D eigenvalue weighted by molar-refractivity contribution is 0.150.